The number of hydrazine groups is 1. The molecule has 5 heteroatoms. The van der Waals surface area contributed by atoms with E-state index in [-0.39, 0.29) is 0 Å². The van der Waals surface area contributed by atoms with E-state index in [0.717, 1.165) is 3.57 Å². The second-order valence-corrected chi connectivity index (χ2v) is 5.10. The zero-order chi connectivity index (χ0) is 13.8. The fourth-order valence-corrected chi connectivity index (χ4v) is 1.90. The van der Waals surface area contributed by atoms with Gasteiger partial charge in [0.25, 0.3) is 11.8 Å². The summed E-state index contributed by atoms with van der Waals surface area (Å²) in [6.45, 7) is 0. The molecule has 2 aromatic rings. The second kappa shape index (κ2) is 5.94. The van der Waals surface area contributed by atoms with E-state index in [1.807, 2.05) is 0 Å². The summed E-state index contributed by atoms with van der Waals surface area (Å²) in [6.07, 6.45) is 0. The van der Waals surface area contributed by atoms with Gasteiger partial charge in [0.05, 0.1) is 0 Å². The molecule has 0 heterocycles. The van der Waals surface area contributed by atoms with Gasteiger partial charge in [-0.1, -0.05) is 18.2 Å². The van der Waals surface area contributed by atoms with Gasteiger partial charge in [-0.05, 0) is 59.0 Å². The van der Waals surface area contributed by atoms with Crippen molar-refractivity contribution >= 4 is 34.4 Å². The highest BCUT2D eigenvalue weighted by atomic mass is 127. The largest absolute Gasteiger partial charge is 0.275 e. The quantitative estimate of drug-likeness (QED) is 0.292. The van der Waals surface area contributed by atoms with Crippen LogP contribution in [0.4, 0.5) is 0 Å². The van der Waals surface area contributed by atoms with Crippen LogP contribution >= 0.6 is 22.6 Å². The van der Waals surface area contributed by atoms with Gasteiger partial charge in [0.15, 0.2) is 0 Å². The first kappa shape index (κ1) is 13.7. The monoisotopic (exact) mass is 366 g/mol. The Morgan fingerprint density at radius 3 is 1.84 bits per heavy atom. The molecule has 2 amide bonds. The van der Waals surface area contributed by atoms with Gasteiger partial charge in [0, 0.05) is 14.7 Å². The summed E-state index contributed by atoms with van der Waals surface area (Å²) in [5, 5.41) is 0.636. The maximum atomic E-state index is 12.0. The predicted molar refractivity (Wildman–Crippen MR) is 80.3 cm³/mol. The third-order valence-corrected chi connectivity index (χ3v) is 3.27. The minimum atomic E-state index is -0.524. The summed E-state index contributed by atoms with van der Waals surface area (Å²) in [4.78, 5) is 24.1. The van der Waals surface area contributed by atoms with Crippen LogP contribution < -0.4 is 5.84 Å². The van der Waals surface area contributed by atoms with Gasteiger partial charge < -0.3 is 0 Å². The standard InChI is InChI=1S/C14H11IN2O2/c15-12-8-6-11(7-9-12)14(19)17(16)13(18)10-4-2-1-3-5-10/h1-9H,16H2. The van der Waals surface area contributed by atoms with Crippen LogP contribution in [0.1, 0.15) is 20.7 Å². The summed E-state index contributed by atoms with van der Waals surface area (Å²) < 4.78 is 1.01. The van der Waals surface area contributed by atoms with E-state index in [2.05, 4.69) is 22.6 Å². The van der Waals surface area contributed by atoms with Crippen molar-refractivity contribution in [1.29, 1.82) is 0 Å². The molecule has 4 nitrogen and oxygen atoms in total. The van der Waals surface area contributed by atoms with Crippen molar-refractivity contribution in [3.63, 3.8) is 0 Å². The molecule has 96 valence electrons. The summed E-state index contributed by atoms with van der Waals surface area (Å²) in [7, 11) is 0. The summed E-state index contributed by atoms with van der Waals surface area (Å²) in [5.74, 6) is 4.55. The first-order valence-electron chi connectivity index (χ1n) is 5.53. The number of benzene rings is 2. The number of carbonyl (C=O) groups excluding carboxylic acids is 2. The molecule has 0 saturated carbocycles. The lowest BCUT2D eigenvalue weighted by atomic mass is 10.2. The van der Waals surface area contributed by atoms with Crippen LogP contribution in [0, 0.1) is 3.57 Å². The minimum absolute atomic E-state index is 0.379. The van der Waals surface area contributed by atoms with Crippen LogP contribution in [0.2, 0.25) is 0 Å². The number of imide groups is 1. The number of carbonyl (C=O) groups is 2. The van der Waals surface area contributed by atoms with E-state index in [1.54, 1.807) is 54.6 Å². The van der Waals surface area contributed by atoms with Gasteiger partial charge in [-0.2, -0.15) is 0 Å². The van der Waals surface area contributed by atoms with E-state index in [1.165, 1.54) is 0 Å². The van der Waals surface area contributed by atoms with Crippen LogP contribution in [0.15, 0.2) is 54.6 Å². The molecule has 0 aliphatic heterocycles. The highest BCUT2D eigenvalue weighted by molar-refractivity contribution is 14.1. The number of hydrogen-bond donors (Lipinski definition) is 1. The molecule has 0 bridgehead atoms. The minimum Gasteiger partial charge on any atom is -0.267 e. The first-order chi connectivity index (χ1) is 9.09. The van der Waals surface area contributed by atoms with Crippen molar-refractivity contribution in [2.45, 2.75) is 0 Å². The Labute approximate surface area is 124 Å². The third kappa shape index (κ3) is 3.18. The lowest BCUT2D eigenvalue weighted by molar-refractivity contribution is 0.0615. The number of rotatable bonds is 2. The van der Waals surface area contributed by atoms with Gasteiger partial charge >= 0.3 is 0 Å². The van der Waals surface area contributed by atoms with Crippen LogP contribution in [0.3, 0.4) is 0 Å². The molecule has 0 radical (unpaired) electrons. The number of nitrogens with zero attached hydrogens (tertiary/aromatic N) is 1. The van der Waals surface area contributed by atoms with Crippen molar-refractivity contribution in [3.8, 4) is 0 Å². The molecule has 0 aliphatic carbocycles. The number of nitrogens with two attached hydrogens (primary N) is 1. The summed E-state index contributed by atoms with van der Waals surface area (Å²) >= 11 is 2.14. The number of amides is 2. The fourth-order valence-electron chi connectivity index (χ4n) is 1.54. The molecule has 0 atom stereocenters. The Balaban J connectivity index is 2.20. The van der Waals surface area contributed by atoms with Gasteiger partial charge in [-0.15, -0.1) is 0 Å². The molecule has 2 aromatic carbocycles. The molecule has 2 rings (SSSR count). The Morgan fingerprint density at radius 2 is 1.32 bits per heavy atom. The van der Waals surface area contributed by atoms with E-state index in [9.17, 15) is 9.59 Å². The van der Waals surface area contributed by atoms with Gasteiger partial charge in [0.2, 0.25) is 0 Å². The first-order valence-corrected chi connectivity index (χ1v) is 6.61. The predicted octanol–water partition coefficient (Wildman–Crippen LogP) is 2.45. The van der Waals surface area contributed by atoms with Crippen LogP contribution in [-0.2, 0) is 0 Å². The van der Waals surface area contributed by atoms with Gasteiger partial charge in [-0.25, -0.2) is 10.9 Å². The Kier molecular flexibility index (Phi) is 4.28. The van der Waals surface area contributed by atoms with Crippen molar-refractivity contribution in [3.05, 3.63) is 69.3 Å². The molecule has 0 unspecified atom stereocenters. The fraction of sp³-hybridized carbons (Fsp3) is 0. The summed E-state index contributed by atoms with van der Waals surface area (Å²) in [5.41, 5.74) is 0.760. The van der Waals surface area contributed by atoms with Crippen LogP contribution in [-0.4, -0.2) is 16.8 Å². The lowest BCUT2D eigenvalue weighted by Crippen LogP contribution is -2.42. The Morgan fingerprint density at radius 1 is 0.842 bits per heavy atom. The van der Waals surface area contributed by atoms with Crippen LogP contribution in [0.25, 0.3) is 0 Å². The highest BCUT2D eigenvalue weighted by Crippen LogP contribution is 2.10. The normalized spacial score (nSPS) is 10.0. The van der Waals surface area contributed by atoms with Gasteiger partial charge in [-0.3, -0.25) is 9.59 Å². The van der Waals surface area contributed by atoms with E-state index < -0.39 is 11.8 Å². The van der Waals surface area contributed by atoms with Crippen LogP contribution in [0.5, 0.6) is 0 Å². The van der Waals surface area contributed by atoms with Crippen molar-refractivity contribution < 1.29 is 9.59 Å². The smallest absolute Gasteiger partial charge is 0.267 e. The molecule has 0 fully saturated rings. The molecule has 19 heavy (non-hydrogen) atoms. The SMILES string of the molecule is NN(C(=O)c1ccccc1)C(=O)c1ccc(I)cc1. The van der Waals surface area contributed by atoms with Crippen molar-refractivity contribution in [1.82, 2.24) is 5.01 Å². The topological polar surface area (TPSA) is 63.4 Å². The zero-order valence-corrected chi connectivity index (χ0v) is 12.1. The number of halogens is 1. The molecule has 0 aliphatic rings. The number of hydrogen-bond acceptors (Lipinski definition) is 3. The van der Waals surface area contributed by atoms with Crippen molar-refractivity contribution in [2.75, 3.05) is 0 Å². The summed E-state index contributed by atoms with van der Waals surface area (Å²) in [6, 6.07) is 15.3. The molecular formula is C14H11IN2O2. The van der Waals surface area contributed by atoms with E-state index >= 15 is 0 Å². The third-order valence-electron chi connectivity index (χ3n) is 2.55. The van der Waals surface area contributed by atoms with E-state index in [0.29, 0.717) is 16.1 Å². The zero-order valence-electron chi connectivity index (χ0n) is 9.92. The molecular weight excluding hydrogens is 355 g/mol. The maximum absolute atomic E-state index is 12.0. The highest BCUT2D eigenvalue weighted by Gasteiger charge is 2.20. The van der Waals surface area contributed by atoms with E-state index in [4.69, 9.17) is 5.84 Å². The lowest BCUT2D eigenvalue weighted by Gasteiger charge is -2.14. The average molecular weight is 366 g/mol. The van der Waals surface area contributed by atoms with Crippen molar-refractivity contribution in [2.24, 2.45) is 5.84 Å². The van der Waals surface area contributed by atoms with Gasteiger partial charge in [0.1, 0.15) is 0 Å². The molecule has 0 saturated heterocycles. The maximum Gasteiger partial charge on any atom is 0.275 e. The second-order valence-electron chi connectivity index (χ2n) is 3.85. The molecule has 0 spiro atoms. The molecule has 2 N–H and O–H groups in total. The Bertz CT molecular complexity index is 597. The molecule has 0 aromatic heterocycles. The average Bonchev–Trinajstić information content (AvgIpc) is 2.46. The Hall–Kier alpha value is -1.73.